The second-order valence-corrected chi connectivity index (χ2v) is 7.04. The third-order valence-electron chi connectivity index (χ3n) is 2.68. The zero-order valence-corrected chi connectivity index (χ0v) is 13.6. The summed E-state index contributed by atoms with van der Waals surface area (Å²) in [7, 11) is -2.14. The number of benzene rings is 1. The first-order valence-electron chi connectivity index (χ1n) is 5.98. The van der Waals surface area contributed by atoms with Crippen LogP contribution in [0, 0.1) is 5.92 Å². The number of nitrogens with two attached hydrogens (primary N) is 1. The molecule has 0 bridgehead atoms. The van der Waals surface area contributed by atoms with Gasteiger partial charge in [-0.25, -0.2) is 13.1 Å². The SMILES string of the molecule is COCC(C)CNS(=O)(=O)c1cc(CN)c(Cl)cc1Cl. The lowest BCUT2D eigenvalue weighted by atomic mass is 10.2. The molecule has 0 radical (unpaired) electrons. The van der Waals surface area contributed by atoms with E-state index in [4.69, 9.17) is 33.7 Å². The van der Waals surface area contributed by atoms with E-state index >= 15 is 0 Å². The number of rotatable bonds is 7. The predicted molar refractivity (Wildman–Crippen MR) is 80.6 cm³/mol. The van der Waals surface area contributed by atoms with Crippen molar-refractivity contribution in [2.75, 3.05) is 20.3 Å². The van der Waals surface area contributed by atoms with Gasteiger partial charge in [-0.05, 0) is 23.6 Å². The van der Waals surface area contributed by atoms with E-state index in [0.29, 0.717) is 17.2 Å². The molecule has 20 heavy (non-hydrogen) atoms. The molecular formula is C12H18Cl2N2O3S. The molecule has 3 N–H and O–H groups in total. The topological polar surface area (TPSA) is 81.4 Å². The standard InChI is InChI=1S/C12H18Cl2N2O3S/c1-8(7-19-2)6-16-20(17,18)12-3-9(5-15)10(13)4-11(12)14/h3-4,8,16H,5-7,15H2,1-2H3. The monoisotopic (exact) mass is 340 g/mol. The normalized spacial score (nSPS) is 13.4. The number of hydrogen-bond acceptors (Lipinski definition) is 4. The smallest absolute Gasteiger partial charge is 0.242 e. The third-order valence-corrected chi connectivity index (χ3v) is 4.92. The summed E-state index contributed by atoms with van der Waals surface area (Å²) in [6.45, 7) is 2.73. The molecule has 0 saturated carbocycles. The van der Waals surface area contributed by atoms with Crippen molar-refractivity contribution < 1.29 is 13.2 Å². The van der Waals surface area contributed by atoms with Crippen molar-refractivity contribution in [3.63, 3.8) is 0 Å². The van der Waals surface area contributed by atoms with E-state index in [1.165, 1.54) is 12.1 Å². The van der Waals surface area contributed by atoms with Crippen LogP contribution in [0.2, 0.25) is 10.0 Å². The van der Waals surface area contributed by atoms with Gasteiger partial charge in [0.05, 0.1) is 5.02 Å². The van der Waals surface area contributed by atoms with Crippen LogP contribution in [0.15, 0.2) is 17.0 Å². The van der Waals surface area contributed by atoms with Crippen molar-refractivity contribution in [3.8, 4) is 0 Å². The molecular weight excluding hydrogens is 323 g/mol. The maximum atomic E-state index is 12.2. The second kappa shape index (κ2) is 7.59. The molecule has 1 unspecified atom stereocenters. The lowest BCUT2D eigenvalue weighted by molar-refractivity contribution is 0.161. The summed E-state index contributed by atoms with van der Waals surface area (Å²) in [5, 5.41) is 0.420. The fraction of sp³-hybridized carbons (Fsp3) is 0.500. The molecule has 0 aliphatic heterocycles. The van der Waals surface area contributed by atoms with E-state index in [-0.39, 0.29) is 28.9 Å². The van der Waals surface area contributed by atoms with E-state index in [2.05, 4.69) is 4.72 Å². The number of nitrogens with one attached hydrogen (secondary N) is 1. The highest BCUT2D eigenvalue weighted by Gasteiger charge is 2.20. The van der Waals surface area contributed by atoms with Crippen molar-refractivity contribution >= 4 is 33.2 Å². The molecule has 0 aromatic heterocycles. The van der Waals surface area contributed by atoms with Gasteiger partial charge < -0.3 is 10.5 Å². The minimum Gasteiger partial charge on any atom is -0.384 e. The van der Waals surface area contributed by atoms with Crippen LogP contribution >= 0.6 is 23.2 Å². The highest BCUT2D eigenvalue weighted by atomic mass is 35.5. The lowest BCUT2D eigenvalue weighted by Gasteiger charge is -2.14. The van der Waals surface area contributed by atoms with Crippen molar-refractivity contribution in [2.45, 2.75) is 18.4 Å². The molecule has 1 atom stereocenters. The second-order valence-electron chi connectivity index (χ2n) is 4.49. The van der Waals surface area contributed by atoms with Crippen molar-refractivity contribution in [2.24, 2.45) is 11.7 Å². The summed E-state index contributed by atoms with van der Waals surface area (Å²) in [6, 6.07) is 2.78. The molecule has 0 saturated heterocycles. The van der Waals surface area contributed by atoms with Gasteiger partial charge in [-0.1, -0.05) is 30.1 Å². The Bertz CT molecular complexity index is 564. The molecule has 0 amide bonds. The Morgan fingerprint density at radius 1 is 1.35 bits per heavy atom. The maximum Gasteiger partial charge on any atom is 0.242 e. The van der Waals surface area contributed by atoms with E-state index in [9.17, 15) is 8.42 Å². The Morgan fingerprint density at radius 2 is 2.00 bits per heavy atom. The fourth-order valence-electron chi connectivity index (χ4n) is 1.61. The van der Waals surface area contributed by atoms with Gasteiger partial charge in [0.2, 0.25) is 10.0 Å². The van der Waals surface area contributed by atoms with Crippen LogP contribution < -0.4 is 10.5 Å². The van der Waals surface area contributed by atoms with Crippen molar-refractivity contribution in [1.29, 1.82) is 0 Å². The summed E-state index contributed by atoms with van der Waals surface area (Å²) in [5.74, 6) is 0.0508. The molecule has 1 rings (SSSR count). The number of hydrogen-bond donors (Lipinski definition) is 2. The van der Waals surface area contributed by atoms with Crippen molar-refractivity contribution in [1.82, 2.24) is 4.72 Å². The zero-order chi connectivity index (χ0) is 15.3. The summed E-state index contributed by atoms with van der Waals surface area (Å²) in [5.41, 5.74) is 6.04. The Balaban J connectivity index is 2.98. The summed E-state index contributed by atoms with van der Waals surface area (Å²) < 4.78 is 31.9. The highest BCUT2D eigenvalue weighted by molar-refractivity contribution is 7.89. The number of ether oxygens (including phenoxy) is 1. The summed E-state index contributed by atoms with van der Waals surface area (Å²) in [4.78, 5) is -0.0198. The first kappa shape index (κ1) is 17.7. The molecule has 5 nitrogen and oxygen atoms in total. The van der Waals surface area contributed by atoms with Gasteiger partial charge in [-0.15, -0.1) is 0 Å². The molecule has 0 heterocycles. The predicted octanol–water partition coefficient (Wildman–Crippen LogP) is 2.01. The first-order valence-corrected chi connectivity index (χ1v) is 8.22. The van der Waals surface area contributed by atoms with Gasteiger partial charge in [0.15, 0.2) is 0 Å². The molecule has 0 fully saturated rings. The molecule has 0 aliphatic rings. The quantitative estimate of drug-likeness (QED) is 0.795. The Labute approximate surface area is 129 Å². The summed E-state index contributed by atoms with van der Waals surface area (Å²) in [6.07, 6.45) is 0. The number of halogens is 2. The average molecular weight is 341 g/mol. The van der Waals surface area contributed by atoms with Gasteiger partial charge in [0, 0.05) is 31.8 Å². The summed E-state index contributed by atoms with van der Waals surface area (Å²) >= 11 is 11.9. The minimum absolute atomic E-state index is 0.0198. The fourth-order valence-corrected chi connectivity index (χ4v) is 3.64. The zero-order valence-electron chi connectivity index (χ0n) is 11.3. The minimum atomic E-state index is -3.71. The maximum absolute atomic E-state index is 12.2. The van der Waals surface area contributed by atoms with Gasteiger partial charge in [-0.3, -0.25) is 0 Å². The largest absolute Gasteiger partial charge is 0.384 e. The van der Waals surface area contributed by atoms with Gasteiger partial charge >= 0.3 is 0 Å². The highest BCUT2D eigenvalue weighted by Crippen LogP contribution is 2.28. The van der Waals surface area contributed by atoms with Crippen LogP contribution in [0.1, 0.15) is 12.5 Å². The van der Waals surface area contributed by atoms with Crippen LogP contribution in [-0.4, -0.2) is 28.7 Å². The van der Waals surface area contributed by atoms with Gasteiger partial charge in [0.25, 0.3) is 0 Å². The molecule has 1 aromatic rings. The molecule has 0 spiro atoms. The van der Waals surface area contributed by atoms with Crippen LogP contribution in [0.5, 0.6) is 0 Å². The molecule has 0 aliphatic carbocycles. The number of methoxy groups -OCH3 is 1. The third kappa shape index (κ3) is 4.58. The average Bonchev–Trinajstić information content (AvgIpc) is 2.37. The van der Waals surface area contributed by atoms with Gasteiger partial charge in [0.1, 0.15) is 4.90 Å². The van der Waals surface area contributed by atoms with Crippen LogP contribution in [0.4, 0.5) is 0 Å². The van der Waals surface area contributed by atoms with Gasteiger partial charge in [-0.2, -0.15) is 0 Å². The van der Waals surface area contributed by atoms with Crippen LogP contribution in [0.25, 0.3) is 0 Å². The Hall–Kier alpha value is -0.370. The molecule has 1 aromatic carbocycles. The van der Waals surface area contributed by atoms with E-state index in [1.54, 1.807) is 7.11 Å². The first-order chi connectivity index (χ1) is 9.31. The van der Waals surface area contributed by atoms with E-state index in [1.807, 2.05) is 6.92 Å². The Morgan fingerprint density at radius 3 is 2.55 bits per heavy atom. The van der Waals surface area contributed by atoms with E-state index in [0.717, 1.165) is 0 Å². The lowest BCUT2D eigenvalue weighted by Crippen LogP contribution is -2.30. The van der Waals surface area contributed by atoms with Crippen molar-refractivity contribution in [3.05, 3.63) is 27.7 Å². The number of sulfonamides is 1. The van der Waals surface area contributed by atoms with Crippen LogP contribution in [0.3, 0.4) is 0 Å². The molecule has 8 heteroatoms. The molecule has 114 valence electrons. The Kier molecular flexibility index (Phi) is 6.71. The van der Waals surface area contributed by atoms with E-state index < -0.39 is 10.0 Å². The van der Waals surface area contributed by atoms with Crippen LogP contribution in [-0.2, 0) is 21.3 Å².